The number of nitrogens with two attached hydrogens (primary N) is 1. The van der Waals surface area contributed by atoms with E-state index in [1.165, 1.54) is 0 Å². The maximum absolute atomic E-state index is 10.1. The molecule has 0 rings (SSSR count). The molecule has 0 heterocycles. The average molecular weight is 181 g/mol. The highest BCUT2D eigenvalue weighted by Crippen LogP contribution is 1.96. The van der Waals surface area contributed by atoms with E-state index in [0.29, 0.717) is 6.42 Å². The van der Waals surface area contributed by atoms with E-state index in [0.717, 1.165) is 0 Å². The summed E-state index contributed by atoms with van der Waals surface area (Å²) in [7, 11) is -3.87. The molecule has 5 nitrogen and oxygen atoms in total. The van der Waals surface area contributed by atoms with Crippen LogP contribution in [0.1, 0.15) is 19.3 Å². The number of unbranched alkanes of at least 4 members (excludes halogenated alkanes) is 1. The first-order valence-electron chi connectivity index (χ1n) is 3.15. The first-order valence-corrected chi connectivity index (χ1v) is 4.76. The van der Waals surface area contributed by atoms with Crippen molar-refractivity contribution in [3.63, 3.8) is 0 Å². The van der Waals surface area contributed by atoms with E-state index in [2.05, 4.69) is 0 Å². The fourth-order valence-electron chi connectivity index (χ4n) is 0.584. The highest BCUT2D eigenvalue weighted by molar-refractivity contribution is 7.85. The van der Waals surface area contributed by atoms with E-state index in [4.69, 9.17) is 10.3 Å². The second-order valence-corrected chi connectivity index (χ2v) is 3.78. The Morgan fingerprint density at radius 1 is 1.36 bits per heavy atom. The van der Waals surface area contributed by atoms with E-state index in [-0.39, 0.29) is 18.6 Å². The zero-order valence-corrected chi connectivity index (χ0v) is 6.80. The van der Waals surface area contributed by atoms with Crippen LogP contribution in [0, 0.1) is 0 Å². The second kappa shape index (κ2) is 4.30. The summed E-state index contributed by atoms with van der Waals surface area (Å²) >= 11 is 0. The van der Waals surface area contributed by atoms with Crippen molar-refractivity contribution >= 4 is 16.0 Å². The van der Waals surface area contributed by atoms with Gasteiger partial charge >= 0.3 is 0 Å². The molecular formula is C5H11NO4S. The third-order valence-electron chi connectivity index (χ3n) is 1.08. The van der Waals surface area contributed by atoms with Gasteiger partial charge in [-0.2, -0.15) is 8.42 Å². The summed E-state index contributed by atoms with van der Waals surface area (Å²) in [5, 5.41) is 0. The van der Waals surface area contributed by atoms with E-state index in [9.17, 15) is 13.2 Å². The number of hydrogen-bond donors (Lipinski definition) is 2. The average Bonchev–Trinajstić information content (AvgIpc) is 1.78. The molecule has 66 valence electrons. The van der Waals surface area contributed by atoms with Gasteiger partial charge in [0.1, 0.15) is 0 Å². The normalized spacial score (nSPS) is 11.4. The van der Waals surface area contributed by atoms with Gasteiger partial charge < -0.3 is 5.73 Å². The van der Waals surface area contributed by atoms with Crippen LogP contribution in [-0.2, 0) is 14.9 Å². The summed E-state index contributed by atoms with van der Waals surface area (Å²) in [6.07, 6.45) is 0.826. The standard InChI is InChI=1S/C5H11NO4S/c6-5(7)3-1-2-4-11(8,9)10/h1-4H2,(H2,6,7)(H,8,9,10). The van der Waals surface area contributed by atoms with Gasteiger partial charge in [-0.15, -0.1) is 0 Å². The number of amides is 1. The van der Waals surface area contributed by atoms with Crippen LogP contribution < -0.4 is 5.73 Å². The fourth-order valence-corrected chi connectivity index (χ4v) is 1.15. The van der Waals surface area contributed by atoms with Crippen LogP contribution in [0.25, 0.3) is 0 Å². The van der Waals surface area contributed by atoms with E-state index in [1.807, 2.05) is 0 Å². The Labute approximate surface area is 65.3 Å². The van der Waals surface area contributed by atoms with Crippen LogP contribution in [0.5, 0.6) is 0 Å². The van der Waals surface area contributed by atoms with Crippen LogP contribution in [-0.4, -0.2) is 24.6 Å². The van der Waals surface area contributed by atoms with Crippen molar-refractivity contribution < 1.29 is 17.8 Å². The van der Waals surface area contributed by atoms with Gasteiger partial charge in [0.15, 0.2) is 0 Å². The lowest BCUT2D eigenvalue weighted by atomic mass is 10.2. The lowest BCUT2D eigenvalue weighted by Crippen LogP contribution is -2.11. The van der Waals surface area contributed by atoms with Crippen molar-refractivity contribution in [2.75, 3.05) is 5.75 Å². The molecule has 6 heteroatoms. The summed E-state index contributed by atoms with van der Waals surface area (Å²) in [4.78, 5) is 10.1. The summed E-state index contributed by atoms with van der Waals surface area (Å²) in [6.45, 7) is 0. The zero-order chi connectivity index (χ0) is 8.91. The fraction of sp³-hybridized carbons (Fsp3) is 0.800. The van der Waals surface area contributed by atoms with E-state index < -0.39 is 16.0 Å². The molecule has 0 unspecified atom stereocenters. The Bertz CT molecular complexity index is 221. The number of carbonyl (C=O) groups is 1. The van der Waals surface area contributed by atoms with Gasteiger partial charge in [0.05, 0.1) is 5.75 Å². The first kappa shape index (κ1) is 10.4. The van der Waals surface area contributed by atoms with Crippen LogP contribution >= 0.6 is 0 Å². The molecule has 1 amide bonds. The molecule has 0 saturated carbocycles. The van der Waals surface area contributed by atoms with Crippen molar-refractivity contribution in [1.82, 2.24) is 0 Å². The van der Waals surface area contributed by atoms with E-state index in [1.54, 1.807) is 0 Å². The van der Waals surface area contributed by atoms with Gasteiger partial charge in [-0.05, 0) is 12.8 Å². The molecule has 0 atom stereocenters. The van der Waals surface area contributed by atoms with Gasteiger partial charge in [0.25, 0.3) is 10.1 Å². The van der Waals surface area contributed by atoms with Crippen molar-refractivity contribution in [3.05, 3.63) is 0 Å². The minimum atomic E-state index is -3.87. The Morgan fingerprint density at radius 2 is 1.91 bits per heavy atom. The zero-order valence-electron chi connectivity index (χ0n) is 5.99. The Morgan fingerprint density at radius 3 is 2.27 bits per heavy atom. The van der Waals surface area contributed by atoms with Crippen molar-refractivity contribution in [2.45, 2.75) is 19.3 Å². The highest BCUT2D eigenvalue weighted by Gasteiger charge is 2.03. The number of rotatable bonds is 5. The lowest BCUT2D eigenvalue weighted by molar-refractivity contribution is -0.118. The third-order valence-corrected chi connectivity index (χ3v) is 1.88. The van der Waals surface area contributed by atoms with Crippen LogP contribution in [0.2, 0.25) is 0 Å². The molecule has 0 aromatic heterocycles. The summed E-state index contributed by atoms with van der Waals surface area (Å²) in [5.74, 6) is -0.763. The Balaban J connectivity index is 3.37. The molecule has 0 radical (unpaired) electrons. The molecule has 11 heavy (non-hydrogen) atoms. The predicted molar refractivity (Wildman–Crippen MR) is 39.5 cm³/mol. The smallest absolute Gasteiger partial charge is 0.264 e. The molecule has 0 aliphatic heterocycles. The Hall–Kier alpha value is -0.620. The van der Waals surface area contributed by atoms with E-state index >= 15 is 0 Å². The molecule has 0 fully saturated rings. The topological polar surface area (TPSA) is 97.5 Å². The van der Waals surface area contributed by atoms with Gasteiger partial charge in [0.2, 0.25) is 5.91 Å². The molecule has 0 aromatic rings. The molecule has 0 saturated heterocycles. The van der Waals surface area contributed by atoms with Gasteiger partial charge in [-0.3, -0.25) is 9.35 Å². The SMILES string of the molecule is NC(=O)CCCCS(=O)(=O)O. The summed E-state index contributed by atoms with van der Waals surface area (Å²) in [6, 6.07) is 0. The van der Waals surface area contributed by atoms with Crippen molar-refractivity contribution in [1.29, 1.82) is 0 Å². The molecule has 0 aromatic carbocycles. The number of primary amides is 1. The van der Waals surface area contributed by atoms with Gasteiger partial charge in [0, 0.05) is 6.42 Å². The van der Waals surface area contributed by atoms with Crippen LogP contribution in [0.15, 0.2) is 0 Å². The largest absolute Gasteiger partial charge is 0.370 e. The Kier molecular flexibility index (Phi) is 4.06. The summed E-state index contributed by atoms with van der Waals surface area (Å²) in [5.41, 5.74) is 4.79. The van der Waals surface area contributed by atoms with Gasteiger partial charge in [-0.1, -0.05) is 0 Å². The number of carbonyl (C=O) groups excluding carboxylic acids is 1. The monoisotopic (exact) mass is 181 g/mol. The number of hydrogen-bond acceptors (Lipinski definition) is 3. The third kappa shape index (κ3) is 9.38. The molecular weight excluding hydrogens is 170 g/mol. The minimum Gasteiger partial charge on any atom is -0.370 e. The molecule has 0 aliphatic rings. The maximum atomic E-state index is 10.1. The molecule has 3 N–H and O–H groups in total. The predicted octanol–water partition coefficient (Wildman–Crippen LogP) is -0.470. The van der Waals surface area contributed by atoms with Crippen molar-refractivity contribution in [2.24, 2.45) is 5.73 Å². The quantitative estimate of drug-likeness (QED) is 0.442. The summed E-state index contributed by atoms with van der Waals surface area (Å²) < 4.78 is 28.5. The van der Waals surface area contributed by atoms with Crippen molar-refractivity contribution in [3.8, 4) is 0 Å². The highest BCUT2D eigenvalue weighted by atomic mass is 32.2. The van der Waals surface area contributed by atoms with Gasteiger partial charge in [-0.25, -0.2) is 0 Å². The first-order chi connectivity index (χ1) is 4.92. The van der Waals surface area contributed by atoms with Crippen LogP contribution in [0.3, 0.4) is 0 Å². The second-order valence-electron chi connectivity index (χ2n) is 2.21. The molecule has 0 spiro atoms. The molecule has 0 bridgehead atoms. The molecule has 0 aliphatic carbocycles. The minimum absolute atomic E-state index is 0.162. The van der Waals surface area contributed by atoms with Crippen LogP contribution in [0.4, 0.5) is 0 Å². The lowest BCUT2D eigenvalue weighted by Gasteiger charge is -1.94. The maximum Gasteiger partial charge on any atom is 0.264 e.